The summed E-state index contributed by atoms with van der Waals surface area (Å²) in [5, 5.41) is 7.58. The fourth-order valence-corrected chi connectivity index (χ4v) is 4.54. The van der Waals surface area contributed by atoms with E-state index in [2.05, 4.69) is 29.7 Å². The van der Waals surface area contributed by atoms with E-state index in [0.717, 1.165) is 27.3 Å². The maximum atomic E-state index is 12.5. The van der Waals surface area contributed by atoms with Crippen LogP contribution in [0.4, 0.5) is 10.7 Å². The number of thiophene rings is 1. The third kappa shape index (κ3) is 5.02. The third-order valence-electron chi connectivity index (χ3n) is 4.43. The number of ether oxygens (including phenoxy) is 1. The van der Waals surface area contributed by atoms with Crippen molar-refractivity contribution in [3.05, 3.63) is 70.8 Å². The van der Waals surface area contributed by atoms with Gasteiger partial charge in [-0.3, -0.25) is 0 Å². The molecule has 150 valence electrons. The number of thiocarbonyl (C=S) groups is 1. The van der Waals surface area contributed by atoms with Crippen LogP contribution in [0.2, 0.25) is 0 Å². The molecule has 0 bridgehead atoms. The van der Waals surface area contributed by atoms with Crippen molar-refractivity contribution in [1.29, 1.82) is 0 Å². The van der Waals surface area contributed by atoms with Gasteiger partial charge in [0.05, 0.1) is 12.2 Å². The minimum absolute atomic E-state index is 0.319. The molecular formula is C23H24N2O2S2. The van der Waals surface area contributed by atoms with Crippen LogP contribution in [-0.4, -0.2) is 17.7 Å². The number of rotatable bonds is 5. The Balaban J connectivity index is 1.88. The van der Waals surface area contributed by atoms with Gasteiger partial charge in [-0.05, 0) is 62.7 Å². The monoisotopic (exact) mass is 424 g/mol. The normalized spacial score (nSPS) is 10.5. The maximum absolute atomic E-state index is 12.5. The first-order valence-electron chi connectivity index (χ1n) is 9.41. The fraction of sp³-hybridized carbons (Fsp3) is 0.217. The molecule has 0 saturated carbocycles. The molecule has 0 unspecified atom stereocenters. The molecule has 0 spiro atoms. The minimum Gasteiger partial charge on any atom is -0.462 e. The SMILES string of the molecule is CCOC(=O)c1cc(-c2ccccc2)sc1NC(=S)Nc1c(C)cc(C)cc1C. The first-order chi connectivity index (χ1) is 13.9. The Kier molecular flexibility index (Phi) is 6.67. The Hall–Kier alpha value is -2.70. The highest BCUT2D eigenvalue weighted by molar-refractivity contribution is 7.80. The molecule has 0 saturated heterocycles. The Morgan fingerprint density at radius 2 is 1.69 bits per heavy atom. The molecule has 1 heterocycles. The molecule has 0 aliphatic heterocycles. The first-order valence-corrected chi connectivity index (χ1v) is 10.6. The number of aryl methyl sites for hydroxylation is 3. The van der Waals surface area contributed by atoms with Crippen molar-refractivity contribution in [3.8, 4) is 10.4 Å². The Morgan fingerprint density at radius 1 is 1.03 bits per heavy atom. The zero-order valence-electron chi connectivity index (χ0n) is 17.0. The summed E-state index contributed by atoms with van der Waals surface area (Å²) in [6, 6.07) is 16.0. The fourth-order valence-electron chi connectivity index (χ4n) is 3.21. The molecular weight excluding hydrogens is 400 g/mol. The van der Waals surface area contributed by atoms with Crippen LogP contribution in [0.3, 0.4) is 0 Å². The van der Waals surface area contributed by atoms with Gasteiger partial charge in [-0.2, -0.15) is 0 Å². The van der Waals surface area contributed by atoms with Crippen molar-refractivity contribution in [1.82, 2.24) is 0 Å². The molecule has 0 fully saturated rings. The molecule has 0 atom stereocenters. The molecule has 1 aromatic heterocycles. The molecule has 6 heteroatoms. The molecule has 29 heavy (non-hydrogen) atoms. The lowest BCUT2D eigenvalue weighted by Crippen LogP contribution is -2.21. The largest absolute Gasteiger partial charge is 0.462 e. The Bertz CT molecular complexity index is 1020. The standard InChI is InChI=1S/C23H24N2O2S2/c1-5-27-22(26)18-13-19(17-9-7-6-8-10-17)29-21(18)25-23(28)24-20-15(3)11-14(2)12-16(20)4/h6-13H,5H2,1-4H3,(H2,24,25,28). The molecule has 0 radical (unpaired) electrons. The van der Waals surface area contributed by atoms with Crippen molar-refractivity contribution >= 4 is 45.3 Å². The second-order valence-corrected chi connectivity index (χ2v) is 8.25. The number of carbonyl (C=O) groups excluding carboxylic acids is 1. The lowest BCUT2D eigenvalue weighted by molar-refractivity contribution is 0.0528. The Morgan fingerprint density at radius 3 is 2.31 bits per heavy atom. The summed E-state index contributed by atoms with van der Waals surface area (Å²) in [6.07, 6.45) is 0. The van der Waals surface area contributed by atoms with Gasteiger partial charge >= 0.3 is 5.97 Å². The van der Waals surface area contributed by atoms with Gasteiger partial charge in [0.25, 0.3) is 0 Å². The second-order valence-electron chi connectivity index (χ2n) is 6.79. The molecule has 4 nitrogen and oxygen atoms in total. The number of esters is 1. The van der Waals surface area contributed by atoms with Crippen LogP contribution in [0.1, 0.15) is 34.0 Å². The highest BCUT2D eigenvalue weighted by Gasteiger charge is 2.19. The predicted molar refractivity (Wildman–Crippen MR) is 126 cm³/mol. The van der Waals surface area contributed by atoms with E-state index in [4.69, 9.17) is 17.0 Å². The van der Waals surface area contributed by atoms with E-state index in [1.807, 2.05) is 50.2 Å². The number of nitrogens with one attached hydrogen (secondary N) is 2. The van der Waals surface area contributed by atoms with Crippen molar-refractivity contribution in [3.63, 3.8) is 0 Å². The van der Waals surface area contributed by atoms with Crippen LogP contribution in [0, 0.1) is 20.8 Å². The van der Waals surface area contributed by atoms with Gasteiger partial charge in [0.15, 0.2) is 5.11 Å². The molecule has 2 N–H and O–H groups in total. The van der Waals surface area contributed by atoms with Gasteiger partial charge in [-0.1, -0.05) is 48.0 Å². The smallest absolute Gasteiger partial charge is 0.341 e. The van der Waals surface area contributed by atoms with E-state index in [1.54, 1.807) is 6.92 Å². The second kappa shape index (κ2) is 9.20. The number of anilines is 2. The lowest BCUT2D eigenvalue weighted by Gasteiger charge is -2.15. The van der Waals surface area contributed by atoms with Gasteiger partial charge in [-0.15, -0.1) is 11.3 Å². The van der Waals surface area contributed by atoms with Gasteiger partial charge in [0.2, 0.25) is 0 Å². The summed E-state index contributed by atoms with van der Waals surface area (Å²) in [7, 11) is 0. The van der Waals surface area contributed by atoms with Crippen LogP contribution in [-0.2, 0) is 4.74 Å². The highest BCUT2D eigenvalue weighted by atomic mass is 32.1. The van der Waals surface area contributed by atoms with Crippen molar-refractivity contribution < 1.29 is 9.53 Å². The quantitative estimate of drug-likeness (QED) is 0.370. The minimum atomic E-state index is -0.362. The summed E-state index contributed by atoms with van der Waals surface area (Å²) < 4.78 is 5.23. The lowest BCUT2D eigenvalue weighted by atomic mass is 10.1. The average molecular weight is 425 g/mol. The number of hydrogen-bond donors (Lipinski definition) is 2. The zero-order chi connectivity index (χ0) is 21.0. The third-order valence-corrected chi connectivity index (χ3v) is 5.73. The molecule has 3 aromatic rings. The van der Waals surface area contributed by atoms with Gasteiger partial charge in [0, 0.05) is 10.6 Å². The van der Waals surface area contributed by atoms with Crippen LogP contribution in [0.25, 0.3) is 10.4 Å². The summed E-state index contributed by atoms with van der Waals surface area (Å²) >= 11 is 7.02. The summed E-state index contributed by atoms with van der Waals surface area (Å²) in [5.41, 5.74) is 5.95. The number of benzene rings is 2. The molecule has 0 aliphatic carbocycles. The van der Waals surface area contributed by atoms with E-state index >= 15 is 0 Å². The van der Waals surface area contributed by atoms with Crippen molar-refractivity contribution in [2.75, 3.05) is 17.2 Å². The number of carbonyl (C=O) groups is 1. The van der Waals surface area contributed by atoms with Gasteiger partial charge in [-0.25, -0.2) is 4.79 Å². The van der Waals surface area contributed by atoms with Crippen LogP contribution in [0.5, 0.6) is 0 Å². The predicted octanol–water partition coefficient (Wildman–Crippen LogP) is 6.33. The van der Waals surface area contributed by atoms with Crippen LogP contribution >= 0.6 is 23.6 Å². The van der Waals surface area contributed by atoms with E-state index in [0.29, 0.717) is 22.3 Å². The summed E-state index contributed by atoms with van der Waals surface area (Å²) in [5.74, 6) is -0.362. The van der Waals surface area contributed by atoms with E-state index < -0.39 is 0 Å². The topological polar surface area (TPSA) is 50.4 Å². The molecule has 0 aliphatic rings. The van der Waals surface area contributed by atoms with Crippen LogP contribution in [0.15, 0.2) is 48.5 Å². The molecule has 0 amide bonds. The van der Waals surface area contributed by atoms with Crippen LogP contribution < -0.4 is 10.6 Å². The zero-order valence-corrected chi connectivity index (χ0v) is 18.6. The molecule has 2 aromatic carbocycles. The first kappa shape index (κ1) is 21.0. The molecule has 3 rings (SSSR count). The van der Waals surface area contributed by atoms with Crippen molar-refractivity contribution in [2.45, 2.75) is 27.7 Å². The van der Waals surface area contributed by atoms with Crippen molar-refractivity contribution in [2.24, 2.45) is 0 Å². The van der Waals surface area contributed by atoms with Gasteiger partial charge in [0.1, 0.15) is 5.00 Å². The van der Waals surface area contributed by atoms with E-state index in [1.165, 1.54) is 16.9 Å². The number of hydrogen-bond acceptors (Lipinski definition) is 4. The van der Waals surface area contributed by atoms with Gasteiger partial charge < -0.3 is 15.4 Å². The average Bonchev–Trinajstić information content (AvgIpc) is 3.09. The Labute approximate surface area is 180 Å². The van der Waals surface area contributed by atoms with E-state index in [9.17, 15) is 4.79 Å². The highest BCUT2D eigenvalue weighted by Crippen LogP contribution is 2.36. The summed E-state index contributed by atoms with van der Waals surface area (Å²) in [6.45, 7) is 8.29. The summed E-state index contributed by atoms with van der Waals surface area (Å²) in [4.78, 5) is 13.5. The van der Waals surface area contributed by atoms with E-state index in [-0.39, 0.29) is 5.97 Å². The maximum Gasteiger partial charge on any atom is 0.341 e.